The van der Waals surface area contributed by atoms with Gasteiger partial charge in [0.2, 0.25) is 0 Å². The molecule has 1 aromatic heterocycles. The van der Waals surface area contributed by atoms with Crippen molar-refractivity contribution in [3.05, 3.63) is 52.8 Å². The highest BCUT2D eigenvalue weighted by Crippen LogP contribution is 2.20. The Labute approximate surface area is 121 Å². The van der Waals surface area contributed by atoms with Crippen LogP contribution in [-0.2, 0) is 13.0 Å². The lowest BCUT2D eigenvalue weighted by Crippen LogP contribution is -2.18. The molecule has 0 saturated heterocycles. The fraction of sp³-hybridized carbons (Fsp3) is 0.471. The van der Waals surface area contributed by atoms with Crippen LogP contribution in [0.2, 0.25) is 0 Å². The predicted molar refractivity (Wildman–Crippen MR) is 83.8 cm³/mol. The van der Waals surface area contributed by atoms with Gasteiger partial charge in [-0.1, -0.05) is 38.1 Å². The van der Waals surface area contributed by atoms with Gasteiger partial charge in [0.1, 0.15) is 0 Å². The average molecular weight is 271 g/mol. The second-order valence-electron chi connectivity index (χ2n) is 5.73. The highest BCUT2D eigenvalue weighted by atomic mass is 15.3. The van der Waals surface area contributed by atoms with Crippen molar-refractivity contribution in [2.75, 3.05) is 0 Å². The Balaban J connectivity index is 2.12. The number of rotatable bonds is 5. The summed E-state index contributed by atoms with van der Waals surface area (Å²) in [6.45, 7) is 9.40. The lowest BCUT2D eigenvalue weighted by molar-refractivity contribution is 0.566. The van der Waals surface area contributed by atoms with Crippen molar-refractivity contribution in [3.63, 3.8) is 0 Å². The van der Waals surface area contributed by atoms with Gasteiger partial charge >= 0.3 is 0 Å². The first-order valence-corrected chi connectivity index (χ1v) is 7.40. The third kappa shape index (κ3) is 3.28. The van der Waals surface area contributed by atoms with Crippen LogP contribution in [0.1, 0.15) is 55.2 Å². The van der Waals surface area contributed by atoms with E-state index in [2.05, 4.69) is 56.2 Å². The van der Waals surface area contributed by atoms with Crippen LogP contribution in [-0.4, -0.2) is 9.78 Å². The van der Waals surface area contributed by atoms with Gasteiger partial charge in [-0.2, -0.15) is 5.10 Å². The summed E-state index contributed by atoms with van der Waals surface area (Å²) in [5.41, 5.74) is 11.2. The van der Waals surface area contributed by atoms with Crippen molar-refractivity contribution in [1.82, 2.24) is 9.78 Å². The van der Waals surface area contributed by atoms with Gasteiger partial charge in [-0.25, -0.2) is 0 Å². The molecule has 0 radical (unpaired) electrons. The molecule has 0 aliphatic rings. The van der Waals surface area contributed by atoms with E-state index in [4.69, 9.17) is 5.73 Å². The van der Waals surface area contributed by atoms with E-state index in [1.54, 1.807) is 0 Å². The molecule has 0 aliphatic carbocycles. The molecule has 1 atom stereocenters. The van der Waals surface area contributed by atoms with Gasteiger partial charge < -0.3 is 5.73 Å². The number of nitrogens with two attached hydrogens (primary N) is 1. The molecule has 1 heterocycles. The second-order valence-corrected chi connectivity index (χ2v) is 5.73. The monoisotopic (exact) mass is 271 g/mol. The topological polar surface area (TPSA) is 43.8 Å². The molecule has 3 heteroatoms. The summed E-state index contributed by atoms with van der Waals surface area (Å²) >= 11 is 0. The first-order valence-electron chi connectivity index (χ1n) is 7.40. The van der Waals surface area contributed by atoms with Crippen molar-refractivity contribution < 1.29 is 0 Å². The van der Waals surface area contributed by atoms with Crippen LogP contribution < -0.4 is 5.73 Å². The Hall–Kier alpha value is -1.61. The predicted octanol–water partition coefficient (Wildman–Crippen LogP) is 3.58. The zero-order valence-corrected chi connectivity index (χ0v) is 12.9. The molecule has 0 bridgehead atoms. The lowest BCUT2D eigenvalue weighted by Gasteiger charge is -2.14. The zero-order valence-electron chi connectivity index (χ0n) is 12.9. The van der Waals surface area contributed by atoms with Gasteiger partial charge in [-0.3, -0.25) is 4.68 Å². The molecule has 1 unspecified atom stereocenters. The van der Waals surface area contributed by atoms with Crippen molar-refractivity contribution in [2.45, 2.75) is 52.6 Å². The highest BCUT2D eigenvalue weighted by Gasteiger charge is 2.13. The lowest BCUT2D eigenvalue weighted by atomic mass is 9.98. The number of nitrogens with zero attached hydrogens (tertiary/aromatic N) is 2. The third-order valence-electron chi connectivity index (χ3n) is 3.71. The molecule has 3 nitrogen and oxygen atoms in total. The number of benzene rings is 1. The van der Waals surface area contributed by atoms with Gasteiger partial charge in [-0.05, 0) is 43.4 Å². The Morgan fingerprint density at radius 3 is 2.40 bits per heavy atom. The van der Waals surface area contributed by atoms with E-state index in [0.717, 1.165) is 24.4 Å². The maximum atomic E-state index is 6.35. The normalized spacial score (nSPS) is 12.9. The number of aromatic nitrogens is 2. The van der Waals surface area contributed by atoms with E-state index in [0.29, 0.717) is 5.92 Å². The molecule has 0 saturated carbocycles. The SMILES string of the molecule is CCn1nc(C)cc1C(N)Cc1ccc(C(C)C)cc1. The maximum absolute atomic E-state index is 6.35. The highest BCUT2D eigenvalue weighted by molar-refractivity contribution is 5.26. The fourth-order valence-electron chi connectivity index (χ4n) is 2.51. The molecule has 2 aromatic rings. The van der Waals surface area contributed by atoms with Crippen molar-refractivity contribution in [2.24, 2.45) is 5.73 Å². The van der Waals surface area contributed by atoms with Crippen LogP contribution in [0, 0.1) is 6.92 Å². The van der Waals surface area contributed by atoms with Gasteiger partial charge in [0, 0.05) is 6.54 Å². The van der Waals surface area contributed by atoms with Gasteiger partial charge in [0.15, 0.2) is 0 Å². The second kappa shape index (κ2) is 6.23. The van der Waals surface area contributed by atoms with Crippen molar-refractivity contribution in [3.8, 4) is 0 Å². The maximum Gasteiger partial charge on any atom is 0.0597 e. The summed E-state index contributed by atoms with van der Waals surface area (Å²) in [6.07, 6.45) is 0.851. The molecule has 0 fully saturated rings. The number of hydrogen-bond acceptors (Lipinski definition) is 2. The summed E-state index contributed by atoms with van der Waals surface area (Å²) < 4.78 is 2.00. The van der Waals surface area contributed by atoms with Crippen molar-refractivity contribution in [1.29, 1.82) is 0 Å². The van der Waals surface area contributed by atoms with Gasteiger partial charge in [0.05, 0.1) is 17.4 Å². The summed E-state index contributed by atoms with van der Waals surface area (Å²) in [5.74, 6) is 0.571. The van der Waals surface area contributed by atoms with Crippen LogP contribution >= 0.6 is 0 Å². The van der Waals surface area contributed by atoms with Crippen LogP contribution in [0.15, 0.2) is 30.3 Å². The molecule has 2 rings (SSSR count). The number of aryl methyl sites for hydroxylation is 2. The first-order chi connectivity index (χ1) is 9.51. The van der Waals surface area contributed by atoms with E-state index in [1.807, 2.05) is 11.6 Å². The molecule has 108 valence electrons. The van der Waals surface area contributed by atoms with E-state index in [-0.39, 0.29) is 6.04 Å². The van der Waals surface area contributed by atoms with Crippen molar-refractivity contribution >= 4 is 0 Å². The summed E-state index contributed by atoms with van der Waals surface area (Å²) in [6, 6.07) is 10.9. The molecule has 20 heavy (non-hydrogen) atoms. The molecule has 0 amide bonds. The van der Waals surface area contributed by atoms with Crippen LogP contribution in [0.25, 0.3) is 0 Å². The Kier molecular flexibility index (Phi) is 4.61. The molecule has 1 aromatic carbocycles. The molecule has 0 aliphatic heterocycles. The minimum absolute atomic E-state index is 0.000972. The molecular weight excluding hydrogens is 246 g/mol. The third-order valence-corrected chi connectivity index (χ3v) is 3.71. The summed E-state index contributed by atoms with van der Waals surface area (Å²) in [4.78, 5) is 0. The Bertz CT molecular complexity index is 552. The summed E-state index contributed by atoms with van der Waals surface area (Å²) in [7, 11) is 0. The molecule has 0 spiro atoms. The quantitative estimate of drug-likeness (QED) is 0.903. The van der Waals surface area contributed by atoms with E-state index >= 15 is 0 Å². The van der Waals surface area contributed by atoms with Gasteiger partial charge in [0.25, 0.3) is 0 Å². The minimum Gasteiger partial charge on any atom is -0.322 e. The van der Waals surface area contributed by atoms with Crippen LogP contribution in [0.3, 0.4) is 0 Å². The first kappa shape index (κ1) is 14.8. The summed E-state index contributed by atoms with van der Waals surface area (Å²) in [5, 5.41) is 4.47. The van der Waals surface area contributed by atoms with Crippen LogP contribution in [0.4, 0.5) is 0 Å². The molecular formula is C17H25N3. The zero-order chi connectivity index (χ0) is 14.7. The van der Waals surface area contributed by atoms with E-state index < -0.39 is 0 Å². The van der Waals surface area contributed by atoms with E-state index in [9.17, 15) is 0 Å². The average Bonchev–Trinajstić information content (AvgIpc) is 2.80. The number of hydrogen-bond donors (Lipinski definition) is 1. The molecule has 2 N–H and O–H groups in total. The van der Waals surface area contributed by atoms with E-state index in [1.165, 1.54) is 11.1 Å². The Morgan fingerprint density at radius 2 is 1.85 bits per heavy atom. The standard InChI is InChI=1S/C17H25N3/c1-5-20-17(10-13(4)19-20)16(18)11-14-6-8-15(9-7-14)12(2)3/h6-10,12,16H,5,11,18H2,1-4H3. The minimum atomic E-state index is 0.000972. The van der Waals surface area contributed by atoms with Crippen LogP contribution in [0.5, 0.6) is 0 Å². The fourth-order valence-corrected chi connectivity index (χ4v) is 2.51. The largest absolute Gasteiger partial charge is 0.322 e. The Morgan fingerprint density at radius 1 is 1.20 bits per heavy atom. The smallest absolute Gasteiger partial charge is 0.0597 e. The van der Waals surface area contributed by atoms with Gasteiger partial charge in [-0.15, -0.1) is 0 Å².